The molecule has 4 nitrogen and oxygen atoms in total. The highest BCUT2D eigenvalue weighted by Gasteiger charge is 2.17. The normalized spacial score (nSPS) is 15.9. The van der Waals surface area contributed by atoms with Crippen LogP contribution in [0.5, 0.6) is 0 Å². The molecule has 0 atom stereocenters. The third kappa shape index (κ3) is 3.05. The number of fused-ring (bicyclic) bond motifs is 1. The summed E-state index contributed by atoms with van der Waals surface area (Å²) in [6, 6.07) is 11.0. The van der Waals surface area contributed by atoms with Gasteiger partial charge in [-0.25, -0.2) is 9.97 Å². The minimum Gasteiger partial charge on any atom is -0.317 e. The van der Waals surface area contributed by atoms with Crippen molar-refractivity contribution in [1.82, 2.24) is 19.3 Å². The quantitative estimate of drug-likeness (QED) is 0.429. The second-order valence-electron chi connectivity index (χ2n) is 5.94. The Morgan fingerprint density at radius 3 is 2.62 bits per heavy atom. The van der Waals surface area contributed by atoms with E-state index in [-0.39, 0.29) is 0 Å². The Morgan fingerprint density at radius 2 is 1.92 bits per heavy atom. The fourth-order valence-corrected chi connectivity index (χ4v) is 5.13. The minimum absolute atomic E-state index is 0.497. The van der Waals surface area contributed by atoms with Gasteiger partial charge in [-0.05, 0) is 49.0 Å². The molecule has 2 aromatic heterocycles. The number of rotatable bonds is 3. The van der Waals surface area contributed by atoms with Gasteiger partial charge < -0.3 is 5.32 Å². The maximum absolute atomic E-state index is 6.23. The lowest BCUT2D eigenvalue weighted by molar-refractivity contribution is 0.460. The van der Waals surface area contributed by atoms with Crippen LogP contribution < -0.4 is 5.32 Å². The number of hydrogen-bond donors (Lipinski definition) is 1. The number of aromatic nitrogens is 3. The van der Waals surface area contributed by atoms with Crippen molar-refractivity contribution in [3.63, 3.8) is 0 Å². The van der Waals surface area contributed by atoms with Gasteiger partial charge in [-0.2, -0.15) is 0 Å². The van der Waals surface area contributed by atoms with Crippen LogP contribution in [0, 0.1) is 0 Å². The summed E-state index contributed by atoms with van der Waals surface area (Å²) in [6.07, 6.45) is 3.95. The summed E-state index contributed by atoms with van der Waals surface area (Å²) in [6.45, 7) is 2.23. The van der Waals surface area contributed by atoms with Crippen LogP contribution in [0.1, 0.15) is 24.3 Å². The average molecular weight is 471 g/mol. The molecule has 3 heterocycles. The number of piperidine rings is 1. The third-order valence-electron chi connectivity index (χ3n) is 4.59. The average Bonchev–Trinajstić information content (AvgIpc) is 3.03. The maximum atomic E-state index is 6.23. The van der Waals surface area contributed by atoms with E-state index in [4.69, 9.17) is 11.6 Å². The first-order valence-corrected chi connectivity index (χ1v) is 11.6. The van der Waals surface area contributed by atoms with Crippen molar-refractivity contribution in [3.8, 4) is 11.3 Å². The molecule has 3 aromatic rings. The van der Waals surface area contributed by atoms with Gasteiger partial charge in [0.05, 0.1) is 11.1 Å². The number of nitrogens with one attached hydrogen (secondary N) is 1. The Morgan fingerprint density at radius 1 is 1.17 bits per heavy atom. The van der Waals surface area contributed by atoms with Crippen LogP contribution in [0.2, 0.25) is 5.15 Å². The molecular weight excluding hydrogens is 455 g/mol. The Labute approximate surface area is 162 Å². The van der Waals surface area contributed by atoms with Crippen LogP contribution in [0.3, 0.4) is 0 Å². The van der Waals surface area contributed by atoms with Crippen molar-refractivity contribution < 1.29 is 0 Å². The second kappa shape index (κ2) is 7.19. The molecule has 1 aliphatic rings. The van der Waals surface area contributed by atoms with E-state index >= 15 is 0 Å². The summed E-state index contributed by atoms with van der Waals surface area (Å²) in [5, 5.41) is 4.81. The van der Waals surface area contributed by atoms with Gasteiger partial charge >= 0.3 is 0 Å². The van der Waals surface area contributed by atoms with Gasteiger partial charge in [-0.15, -0.1) is 0 Å². The number of halogens is 2. The molecule has 1 saturated heterocycles. The van der Waals surface area contributed by atoms with Gasteiger partial charge in [-0.3, -0.25) is 3.97 Å². The van der Waals surface area contributed by atoms with Crippen LogP contribution in [-0.4, -0.2) is 27.0 Å². The molecule has 4 rings (SSSR count). The Kier molecular flexibility index (Phi) is 4.98. The Balaban J connectivity index is 1.73. The largest absolute Gasteiger partial charge is 0.317 e. The van der Waals surface area contributed by atoms with Crippen LogP contribution in [-0.2, 0) is 0 Å². The zero-order valence-electron chi connectivity index (χ0n) is 12.9. The highest BCUT2D eigenvalue weighted by molar-refractivity contribution is 14.2. The van der Waals surface area contributed by atoms with E-state index in [0.29, 0.717) is 11.1 Å². The highest BCUT2D eigenvalue weighted by atomic mass is 127. The molecule has 0 amide bonds. The number of nitrogens with zero attached hydrogens (tertiary/aromatic N) is 3. The van der Waals surface area contributed by atoms with Crippen LogP contribution in [0.25, 0.3) is 22.3 Å². The molecule has 1 aromatic carbocycles. The predicted octanol–water partition coefficient (Wildman–Crippen LogP) is 5.07. The highest BCUT2D eigenvalue weighted by Crippen LogP contribution is 2.36. The molecule has 0 unspecified atom stereocenters. The molecule has 0 bridgehead atoms. The molecule has 1 aliphatic heterocycles. The van der Waals surface area contributed by atoms with Crippen molar-refractivity contribution in [2.24, 2.45) is 0 Å². The monoisotopic (exact) mass is 470 g/mol. The Bertz CT molecular complexity index is 859. The fraction of sp³-hybridized carbons (Fsp3) is 0.294. The summed E-state index contributed by atoms with van der Waals surface area (Å²) >= 11 is 8.50. The minimum atomic E-state index is 0.497. The van der Waals surface area contributed by atoms with E-state index < -0.39 is 0 Å². The van der Waals surface area contributed by atoms with Crippen molar-refractivity contribution >= 4 is 53.0 Å². The first-order valence-electron chi connectivity index (χ1n) is 7.90. The molecule has 24 heavy (non-hydrogen) atoms. The van der Waals surface area contributed by atoms with Crippen LogP contribution >= 0.6 is 41.9 Å². The molecular formula is C17H16ClIN4S. The van der Waals surface area contributed by atoms with Crippen molar-refractivity contribution in [2.45, 2.75) is 18.8 Å². The van der Waals surface area contributed by atoms with Crippen LogP contribution in [0.15, 0.2) is 36.7 Å². The summed E-state index contributed by atoms with van der Waals surface area (Å²) in [4.78, 5) is 8.47. The smallest absolute Gasteiger partial charge is 0.156 e. The lowest BCUT2D eigenvalue weighted by atomic mass is 9.89. The standard InChI is InChI=1S/C17H16ClIN4S/c18-16-14-9-15(23(24-19)17(14)22-10-21-16)13-3-1-11(2-4-13)12-5-7-20-8-6-12/h1-4,9-10,12,20H,5-8H2. The second-order valence-corrected chi connectivity index (χ2v) is 7.98. The summed E-state index contributed by atoms with van der Waals surface area (Å²) in [5.74, 6) is 0.672. The molecule has 1 fully saturated rings. The van der Waals surface area contributed by atoms with Gasteiger partial charge in [0, 0.05) is 30.3 Å². The maximum Gasteiger partial charge on any atom is 0.156 e. The molecule has 0 saturated carbocycles. The van der Waals surface area contributed by atoms with E-state index in [9.17, 15) is 0 Å². The molecule has 0 radical (unpaired) electrons. The van der Waals surface area contributed by atoms with Gasteiger partial charge in [0.25, 0.3) is 0 Å². The van der Waals surface area contributed by atoms with Crippen molar-refractivity contribution in [1.29, 1.82) is 0 Å². The molecule has 7 heteroatoms. The molecule has 0 aliphatic carbocycles. The lowest BCUT2D eigenvalue weighted by Crippen LogP contribution is -2.26. The summed E-state index contributed by atoms with van der Waals surface area (Å²) in [7, 11) is 1.60. The van der Waals surface area contributed by atoms with Gasteiger partial charge in [0.1, 0.15) is 11.5 Å². The Hall–Kier alpha value is -0.830. The van der Waals surface area contributed by atoms with Gasteiger partial charge in [0.2, 0.25) is 0 Å². The van der Waals surface area contributed by atoms with E-state index in [2.05, 4.69) is 70.8 Å². The lowest BCUT2D eigenvalue weighted by Gasteiger charge is -2.23. The van der Waals surface area contributed by atoms with E-state index in [0.717, 1.165) is 29.8 Å². The van der Waals surface area contributed by atoms with E-state index in [1.54, 1.807) is 9.12 Å². The number of hydrogen-bond acceptors (Lipinski definition) is 4. The van der Waals surface area contributed by atoms with E-state index in [1.165, 1.54) is 30.3 Å². The fourth-order valence-electron chi connectivity index (χ4n) is 3.31. The summed E-state index contributed by atoms with van der Waals surface area (Å²) < 4.78 is 2.10. The first-order chi connectivity index (χ1) is 11.8. The molecule has 1 N–H and O–H groups in total. The molecule has 124 valence electrons. The zero-order chi connectivity index (χ0) is 16.5. The van der Waals surface area contributed by atoms with Crippen LogP contribution in [0.4, 0.5) is 0 Å². The SMILES string of the molecule is Clc1ncnc2c1cc(-c1ccc(C3CCNCC3)cc1)n2SI. The topological polar surface area (TPSA) is 42.7 Å². The van der Waals surface area contributed by atoms with Crippen molar-refractivity contribution in [2.75, 3.05) is 13.1 Å². The number of benzene rings is 1. The zero-order valence-corrected chi connectivity index (χ0v) is 16.6. The third-order valence-corrected chi connectivity index (χ3v) is 6.58. The molecule has 0 spiro atoms. The summed E-state index contributed by atoms with van der Waals surface area (Å²) in [5.41, 5.74) is 4.56. The van der Waals surface area contributed by atoms with Gasteiger partial charge in [-0.1, -0.05) is 35.9 Å². The predicted molar refractivity (Wildman–Crippen MR) is 110 cm³/mol. The van der Waals surface area contributed by atoms with E-state index in [1.807, 2.05) is 0 Å². The van der Waals surface area contributed by atoms with Crippen molar-refractivity contribution in [3.05, 3.63) is 47.4 Å². The van der Waals surface area contributed by atoms with Gasteiger partial charge in [0.15, 0.2) is 5.65 Å². The first kappa shape index (κ1) is 16.6.